The summed E-state index contributed by atoms with van der Waals surface area (Å²) in [5, 5.41) is 4.25. The molecule has 0 amide bonds. The Balaban J connectivity index is 2.47. The van der Waals surface area contributed by atoms with Crippen molar-refractivity contribution in [1.29, 1.82) is 0 Å². The van der Waals surface area contributed by atoms with Gasteiger partial charge in [0.2, 0.25) is 0 Å². The highest BCUT2D eigenvalue weighted by Gasteiger charge is 2.15. The molecule has 3 heteroatoms. The van der Waals surface area contributed by atoms with Crippen LogP contribution in [-0.4, -0.2) is 9.78 Å². The quantitative estimate of drug-likeness (QED) is 0.835. The van der Waals surface area contributed by atoms with Crippen LogP contribution in [0.1, 0.15) is 31.9 Å². The van der Waals surface area contributed by atoms with E-state index in [0.717, 1.165) is 16.8 Å². The molecule has 0 aliphatic rings. The van der Waals surface area contributed by atoms with Gasteiger partial charge in [0.05, 0.1) is 5.69 Å². The first kappa shape index (κ1) is 12.7. The van der Waals surface area contributed by atoms with E-state index in [0.29, 0.717) is 5.82 Å². The zero-order valence-corrected chi connectivity index (χ0v) is 11.8. The minimum absolute atomic E-state index is 0.180. The molecule has 0 fully saturated rings. The van der Waals surface area contributed by atoms with Crippen molar-refractivity contribution in [3.05, 3.63) is 35.4 Å². The van der Waals surface area contributed by atoms with Crippen LogP contribution in [0, 0.1) is 6.92 Å². The van der Waals surface area contributed by atoms with E-state index in [1.54, 1.807) is 0 Å². The van der Waals surface area contributed by atoms with Gasteiger partial charge in [0, 0.05) is 18.2 Å². The molecule has 0 radical (unpaired) electrons. The molecule has 96 valence electrons. The standard InChI is InChI=1S/C15H21N3/c1-10-13(18(5)17-14(10)16)11-6-8-12(9-7-11)15(2,3)4/h6-9H,1-5H3,(H2,16,17). The van der Waals surface area contributed by atoms with E-state index in [-0.39, 0.29) is 5.41 Å². The molecule has 0 saturated heterocycles. The first-order valence-electron chi connectivity index (χ1n) is 6.20. The molecule has 0 unspecified atom stereocenters. The van der Waals surface area contributed by atoms with E-state index in [2.05, 4.69) is 50.1 Å². The molecule has 2 N–H and O–H groups in total. The number of hydrogen-bond acceptors (Lipinski definition) is 2. The molecule has 3 nitrogen and oxygen atoms in total. The molecule has 0 spiro atoms. The lowest BCUT2D eigenvalue weighted by atomic mass is 9.86. The zero-order valence-electron chi connectivity index (χ0n) is 11.8. The molecule has 0 bridgehead atoms. The highest BCUT2D eigenvalue weighted by Crippen LogP contribution is 2.29. The van der Waals surface area contributed by atoms with Crippen LogP contribution in [0.4, 0.5) is 5.82 Å². The number of benzene rings is 1. The average molecular weight is 243 g/mol. The summed E-state index contributed by atoms with van der Waals surface area (Å²) in [5.41, 5.74) is 10.7. The SMILES string of the molecule is Cc1c(N)nn(C)c1-c1ccc(C(C)(C)C)cc1. The fraction of sp³-hybridized carbons (Fsp3) is 0.400. The predicted molar refractivity (Wildman–Crippen MR) is 76.5 cm³/mol. The van der Waals surface area contributed by atoms with E-state index in [4.69, 9.17) is 5.73 Å². The molecule has 2 rings (SSSR count). The monoisotopic (exact) mass is 243 g/mol. The van der Waals surface area contributed by atoms with E-state index < -0.39 is 0 Å². The lowest BCUT2D eigenvalue weighted by molar-refractivity contribution is 0.590. The number of aryl methyl sites for hydroxylation is 1. The Kier molecular flexibility index (Phi) is 2.93. The van der Waals surface area contributed by atoms with Crippen molar-refractivity contribution in [1.82, 2.24) is 9.78 Å². The van der Waals surface area contributed by atoms with Crippen molar-refractivity contribution >= 4 is 5.82 Å². The van der Waals surface area contributed by atoms with Gasteiger partial charge in [-0.25, -0.2) is 0 Å². The third-order valence-corrected chi connectivity index (χ3v) is 3.35. The van der Waals surface area contributed by atoms with E-state index >= 15 is 0 Å². The Hall–Kier alpha value is -1.77. The van der Waals surface area contributed by atoms with Crippen molar-refractivity contribution in [3.63, 3.8) is 0 Å². The van der Waals surface area contributed by atoms with Crippen LogP contribution in [0.3, 0.4) is 0 Å². The fourth-order valence-electron chi connectivity index (χ4n) is 2.18. The molecule has 1 aromatic carbocycles. The lowest BCUT2D eigenvalue weighted by Crippen LogP contribution is -2.10. The summed E-state index contributed by atoms with van der Waals surface area (Å²) in [5.74, 6) is 0.604. The Morgan fingerprint density at radius 3 is 2.06 bits per heavy atom. The van der Waals surface area contributed by atoms with Gasteiger partial charge in [0.15, 0.2) is 0 Å². The first-order chi connectivity index (χ1) is 8.30. The van der Waals surface area contributed by atoms with Crippen molar-refractivity contribution in [2.75, 3.05) is 5.73 Å². The van der Waals surface area contributed by atoms with Crippen LogP contribution in [0.5, 0.6) is 0 Å². The second-order valence-corrected chi connectivity index (χ2v) is 5.81. The summed E-state index contributed by atoms with van der Waals surface area (Å²) in [6, 6.07) is 8.64. The Labute approximate surface area is 109 Å². The average Bonchev–Trinajstić information content (AvgIpc) is 2.52. The molecule has 0 aliphatic carbocycles. The molecular formula is C15H21N3. The van der Waals surface area contributed by atoms with E-state index in [1.807, 2.05) is 18.7 Å². The third kappa shape index (κ3) is 2.13. The normalized spacial score (nSPS) is 11.8. The first-order valence-corrected chi connectivity index (χ1v) is 6.20. The predicted octanol–water partition coefficient (Wildman–Crippen LogP) is 3.28. The van der Waals surface area contributed by atoms with E-state index in [9.17, 15) is 0 Å². The van der Waals surface area contributed by atoms with Crippen molar-refractivity contribution in [2.45, 2.75) is 33.1 Å². The Morgan fingerprint density at radius 1 is 1.11 bits per heavy atom. The van der Waals surface area contributed by atoms with Crippen LogP contribution in [0.2, 0.25) is 0 Å². The van der Waals surface area contributed by atoms with Gasteiger partial charge in [0.25, 0.3) is 0 Å². The van der Waals surface area contributed by atoms with Gasteiger partial charge in [-0.2, -0.15) is 5.10 Å². The van der Waals surface area contributed by atoms with Crippen LogP contribution in [-0.2, 0) is 12.5 Å². The van der Waals surface area contributed by atoms with Crippen molar-refractivity contribution in [3.8, 4) is 11.3 Å². The van der Waals surface area contributed by atoms with Crippen LogP contribution in [0.15, 0.2) is 24.3 Å². The summed E-state index contributed by atoms with van der Waals surface area (Å²) in [6.07, 6.45) is 0. The highest BCUT2D eigenvalue weighted by atomic mass is 15.3. The van der Waals surface area contributed by atoms with Crippen LogP contribution < -0.4 is 5.73 Å². The number of anilines is 1. The summed E-state index contributed by atoms with van der Waals surface area (Å²) in [7, 11) is 1.93. The molecule has 18 heavy (non-hydrogen) atoms. The third-order valence-electron chi connectivity index (χ3n) is 3.35. The lowest BCUT2D eigenvalue weighted by Gasteiger charge is -2.19. The summed E-state index contributed by atoms with van der Waals surface area (Å²) in [6.45, 7) is 8.66. The van der Waals surface area contributed by atoms with E-state index in [1.165, 1.54) is 5.56 Å². The molecule has 1 aromatic heterocycles. The smallest absolute Gasteiger partial charge is 0.148 e. The molecule has 0 atom stereocenters. The number of hydrogen-bond donors (Lipinski definition) is 1. The second kappa shape index (κ2) is 4.16. The number of nitrogens with two attached hydrogens (primary N) is 1. The topological polar surface area (TPSA) is 43.8 Å². The highest BCUT2D eigenvalue weighted by molar-refractivity contribution is 5.68. The summed E-state index contributed by atoms with van der Waals surface area (Å²) >= 11 is 0. The molecule has 0 aliphatic heterocycles. The Bertz CT molecular complexity index is 557. The Morgan fingerprint density at radius 2 is 1.67 bits per heavy atom. The maximum atomic E-state index is 5.85. The van der Waals surface area contributed by atoms with Crippen LogP contribution >= 0.6 is 0 Å². The molecular weight excluding hydrogens is 222 g/mol. The maximum Gasteiger partial charge on any atom is 0.148 e. The minimum Gasteiger partial charge on any atom is -0.382 e. The van der Waals surface area contributed by atoms with Crippen LogP contribution in [0.25, 0.3) is 11.3 Å². The number of nitrogen functional groups attached to an aromatic ring is 1. The van der Waals surface area contributed by atoms with Gasteiger partial charge in [-0.1, -0.05) is 45.0 Å². The van der Waals surface area contributed by atoms with Crippen molar-refractivity contribution in [2.24, 2.45) is 7.05 Å². The second-order valence-electron chi connectivity index (χ2n) is 5.81. The van der Waals surface area contributed by atoms with Gasteiger partial charge < -0.3 is 5.73 Å². The van der Waals surface area contributed by atoms with Gasteiger partial charge in [-0.3, -0.25) is 4.68 Å². The maximum absolute atomic E-state index is 5.85. The number of aromatic nitrogens is 2. The molecule has 1 heterocycles. The molecule has 2 aromatic rings. The summed E-state index contributed by atoms with van der Waals surface area (Å²) < 4.78 is 1.84. The van der Waals surface area contributed by atoms with Gasteiger partial charge >= 0.3 is 0 Å². The van der Waals surface area contributed by atoms with Crippen molar-refractivity contribution < 1.29 is 0 Å². The van der Waals surface area contributed by atoms with Gasteiger partial charge in [-0.05, 0) is 17.9 Å². The zero-order chi connectivity index (χ0) is 13.5. The molecule has 0 saturated carbocycles. The van der Waals surface area contributed by atoms with Gasteiger partial charge in [-0.15, -0.1) is 0 Å². The largest absolute Gasteiger partial charge is 0.382 e. The summed E-state index contributed by atoms with van der Waals surface area (Å²) in [4.78, 5) is 0. The fourth-order valence-corrected chi connectivity index (χ4v) is 2.18. The number of nitrogens with zero attached hydrogens (tertiary/aromatic N) is 2. The van der Waals surface area contributed by atoms with Gasteiger partial charge in [0.1, 0.15) is 5.82 Å². The minimum atomic E-state index is 0.180. The number of rotatable bonds is 1.